The van der Waals surface area contributed by atoms with Gasteiger partial charge >= 0.3 is 6.16 Å². The SMILES string of the molecule is C=NOC(=O)OC(N)C(C)(C)C. The topological polar surface area (TPSA) is 73.9 Å². The molecule has 1 atom stereocenters. The number of oxime groups is 1. The van der Waals surface area contributed by atoms with Gasteiger partial charge in [-0.1, -0.05) is 25.9 Å². The van der Waals surface area contributed by atoms with E-state index in [2.05, 4.69) is 21.4 Å². The molecule has 0 saturated carbocycles. The molecule has 0 bridgehead atoms. The van der Waals surface area contributed by atoms with Gasteiger partial charge in [0.1, 0.15) is 0 Å². The van der Waals surface area contributed by atoms with Crippen LogP contribution in [-0.4, -0.2) is 19.1 Å². The van der Waals surface area contributed by atoms with Crippen LogP contribution in [0.5, 0.6) is 0 Å². The van der Waals surface area contributed by atoms with Gasteiger partial charge in [-0.3, -0.25) is 10.6 Å². The van der Waals surface area contributed by atoms with Crippen LogP contribution in [0.25, 0.3) is 0 Å². The van der Waals surface area contributed by atoms with Crippen LogP contribution in [0.2, 0.25) is 0 Å². The number of nitrogens with two attached hydrogens (primary N) is 1. The molecule has 0 aromatic carbocycles. The van der Waals surface area contributed by atoms with Crippen LogP contribution < -0.4 is 5.73 Å². The Morgan fingerprint density at radius 3 is 2.42 bits per heavy atom. The molecule has 0 heterocycles. The van der Waals surface area contributed by atoms with Gasteiger partial charge in [-0.25, -0.2) is 4.79 Å². The number of hydrogen-bond donors (Lipinski definition) is 1. The second-order valence-electron chi connectivity index (χ2n) is 3.37. The molecule has 0 aliphatic carbocycles. The average molecular weight is 174 g/mol. The Labute approximate surface area is 71.5 Å². The average Bonchev–Trinajstić information content (AvgIpc) is 1.85. The molecule has 0 spiro atoms. The van der Waals surface area contributed by atoms with Gasteiger partial charge in [-0.2, -0.15) is 0 Å². The van der Waals surface area contributed by atoms with Crippen LogP contribution in [0.3, 0.4) is 0 Å². The van der Waals surface area contributed by atoms with Gasteiger partial charge in [0.25, 0.3) is 0 Å². The van der Waals surface area contributed by atoms with Crippen LogP contribution in [0, 0.1) is 5.41 Å². The highest BCUT2D eigenvalue weighted by molar-refractivity contribution is 5.60. The summed E-state index contributed by atoms with van der Waals surface area (Å²) in [6.45, 7) is 8.47. The van der Waals surface area contributed by atoms with Gasteiger partial charge in [0.05, 0.1) is 0 Å². The quantitative estimate of drug-likeness (QED) is 0.223. The lowest BCUT2D eigenvalue weighted by Gasteiger charge is -2.25. The molecule has 0 radical (unpaired) electrons. The van der Waals surface area contributed by atoms with Gasteiger partial charge in [0, 0.05) is 12.1 Å². The molecule has 5 heteroatoms. The van der Waals surface area contributed by atoms with Crippen molar-refractivity contribution in [3.05, 3.63) is 0 Å². The molecule has 0 amide bonds. The molecule has 0 fully saturated rings. The van der Waals surface area contributed by atoms with E-state index in [1.807, 2.05) is 20.8 Å². The van der Waals surface area contributed by atoms with Crippen molar-refractivity contribution in [3.8, 4) is 0 Å². The minimum atomic E-state index is -0.938. The highest BCUT2D eigenvalue weighted by Crippen LogP contribution is 2.18. The van der Waals surface area contributed by atoms with Crippen molar-refractivity contribution in [1.29, 1.82) is 0 Å². The molecule has 2 N–H and O–H groups in total. The highest BCUT2D eigenvalue weighted by Gasteiger charge is 2.25. The van der Waals surface area contributed by atoms with Crippen molar-refractivity contribution < 1.29 is 14.4 Å². The summed E-state index contributed by atoms with van der Waals surface area (Å²) < 4.78 is 4.64. The van der Waals surface area contributed by atoms with E-state index >= 15 is 0 Å². The number of carbonyl (C=O) groups is 1. The van der Waals surface area contributed by atoms with E-state index in [0.29, 0.717) is 0 Å². The summed E-state index contributed by atoms with van der Waals surface area (Å²) in [5, 5.41) is 2.89. The van der Waals surface area contributed by atoms with E-state index in [1.54, 1.807) is 0 Å². The van der Waals surface area contributed by atoms with Crippen LogP contribution in [0.4, 0.5) is 4.79 Å². The Morgan fingerprint density at radius 1 is 1.58 bits per heavy atom. The summed E-state index contributed by atoms with van der Waals surface area (Å²) in [7, 11) is 0. The lowest BCUT2D eigenvalue weighted by molar-refractivity contribution is -0.0128. The molecule has 0 rings (SSSR count). The van der Waals surface area contributed by atoms with E-state index in [-0.39, 0.29) is 5.41 Å². The fraction of sp³-hybridized carbons (Fsp3) is 0.714. The van der Waals surface area contributed by atoms with E-state index < -0.39 is 12.4 Å². The summed E-state index contributed by atoms with van der Waals surface area (Å²) in [5.74, 6) is 0. The van der Waals surface area contributed by atoms with Crippen molar-refractivity contribution >= 4 is 12.9 Å². The molecule has 0 aliphatic rings. The first-order valence-electron chi connectivity index (χ1n) is 3.47. The molecule has 12 heavy (non-hydrogen) atoms. The zero-order valence-electron chi connectivity index (χ0n) is 7.53. The standard InChI is InChI=1S/C7H14N2O3/c1-7(2,3)5(8)11-6(10)12-9-4/h5H,4,8H2,1-3H3. The molecule has 5 nitrogen and oxygen atoms in total. The zero-order chi connectivity index (χ0) is 9.78. The van der Waals surface area contributed by atoms with E-state index in [9.17, 15) is 4.79 Å². The monoisotopic (exact) mass is 174 g/mol. The Hall–Kier alpha value is -1.10. The summed E-state index contributed by atoms with van der Waals surface area (Å²) in [5.41, 5.74) is 5.18. The van der Waals surface area contributed by atoms with E-state index in [4.69, 9.17) is 5.73 Å². The third-order valence-corrected chi connectivity index (χ3v) is 1.22. The van der Waals surface area contributed by atoms with E-state index in [1.165, 1.54) is 0 Å². The first-order chi connectivity index (χ1) is 5.38. The lowest BCUT2D eigenvalue weighted by Crippen LogP contribution is -2.39. The van der Waals surface area contributed by atoms with Crippen molar-refractivity contribution in [3.63, 3.8) is 0 Å². The second kappa shape index (κ2) is 4.06. The summed E-state index contributed by atoms with van der Waals surface area (Å²) >= 11 is 0. The van der Waals surface area contributed by atoms with Crippen LogP contribution in [-0.2, 0) is 9.57 Å². The summed E-state index contributed by atoms with van der Waals surface area (Å²) in [6, 6.07) is 0. The fourth-order valence-corrected chi connectivity index (χ4v) is 0.355. The number of carbonyl (C=O) groups excluding carboxylic acids is 1. The molecule has 70 valence electrons. The maximum atomic E-state index is 10.6. The van der Waals surface area contributed by atoms with Gasteiger partial charge in [-0.15, -0.1) is 0 Å². The molecule has 0 aromatic rings. The molecular formula is C7H14N2O3. The van der Waals surface area contributed by atoms with Crippen molar-refractivity contribution in [2.75, 3.05) is 0 Å². The number of ether oxygens (including phenoxy) is 1. The van der Waals surface area contributed by atoms with Crippen molar-refractivity contribution in [2.45, 2.75) is 27.0 Å². The summed E-state index contributed by atoms with van der Waals surface area (Å²) in [4.78, 5) is 14.7. The van der Waals surface area contributed by atoms with Gasteiger partial charge in [-0.05, 0) is 0 Å². The Kier molecular flexibility index (Phi) is 3.69. The zero-order valence-corrected chi connectivity index (χ0v) is 7.53. The minimum Gasteiger partial charge on any atom is -0.413 e. The van der Waals surface area contributed by atoms with Gasteiger partial charge in [0.15, 0.2) is 6.23 Å². The van der Waals surface area contributed by atoms with Gasteiger partial charge in [0.2, 0.25) is 0 Å². The Bertz CT molecular complexity index is 174. The predicted octanol–water partition coefficient (Wildman–Crippen LogP) is 1.09. The van der Waals surface area contributed by atoms with E-state index in [0.717, 1.165) is 0 Å². The maximum Gasteiger partial charge on any atom is 0.536 e. The van der Waals surface area contributed by atoms with Gasteiger partial charge < -0.3 is 4.74 Å². The second-order valence-corrected chi connectivity index (χ2v) is 3.37. The third-order valence-electron chi connectivity index (χ3n) is 1.22. The molecule has 0 saturated heterocycles. The number of rotatable bonds is 2. The smallest absolute Gasteiger partial charge is 0.413 e. The normalized spacial score (nSPS) is 13.3. The molecular weight excluding hydrogens is 160 g/mol. The lowest BCUT2D eigenvalue weighted by atomic mass is 9.95. The molecule has 1 unspecified atom stereocenters. The Morgan fingerprint density at radius 2 is 2.08 bits per heavy atom. The van der Waals surface area contributed by atoms with Crippen molar-refractivity contribution in [2.24, 2.45) is 16.3 Å². The fourth-order valence-electron chi connectivity index (χ4n) is 0.355. The van der Waals surface area contributed by atoms with Crippen LogP contribution in [0.15, 0.2) is 5.16 Å². The molecule has 0 aliphatic heterocycles. The van der Waals surface area contributed by atoms with Crippen molar-refractivity contribution in [1.82, 2.24) is 0 Å². The first-order valence-corrected chi connectivity index (χ1v) is 3.47. The third kappa shape index (κ3) is 3.92. The maximum absolute atomic E-state index is 10.6. The largest absolute Gasteiger partial charge is 0.536 e. The van der Waals surface area contributed by atoms with Crippen LogP contribution in [0.1, 0.15) is 20.8 Å². The highest BCUT2D eigenvalue weighted by atomic mass is 16.8. The first kappa shape index (κ1) is 10.9. The number of nitrogens with zero attached hydrogens (tertiary/aromatic N) is 1. The minimum absolute atomic E-state index is 0.319. The number of hydrogen-bond acceptors (Lipinski definition) is 5. The summed E-state index contributed by atoms with van der Waals surface area (Å²) in [6.07, 6.45) is -1.65. The Balaban J connectivity index is 3.92. The molecule has 0 aromatic heterocycles. The predicted molar refractivity (Wildman–Crippen MR) is 44.5 cm³/mol. The van der Waals surface area contributed by atoms with Crippen LogP contribution >= 0.6 is 0 Å².